The summed E-state index contributed by atoms with van der Waals surface area (Å²) in [5.41, 5.74) is 0.487. The van der Waals surface area contributed by atoms with Crippen LogP contribution in [-0.2, 0) is 4.79 Å². The van der Waals surface area contributed by atoms with E-state index in [1.54, 1.807) is 26.1 Å². The van der Waals surface area contributed by atoms with Crippen molar-refractivity contribution in [3.63, 3.8) is 0 Å². The minimum Gasteiger partial charge on any atom is -0.293 e. The summed E-state index contributed by atoms with van der Waals surface area (Å²) < 4.78 is 0. The summed E-state index contributed by atoms with van der Waals surface area (Å²) in [7, 11) is 0. The first kappa shape index (κ1) is 9.51. The lowest BCUT2D eigenvalue weighted by atomic mass is 10.2. The van der Waals surface area contributed by atoms with Crippen molar-refractivity contribution in [2.24, 2.45) is 4.99 Å². The van der Waals surface area contributed by atoms with Crippen molar-refractivity contribution in [1.82, 2.24) is 9.97 Å². The van der Waals surface area contributed by atoms with Crippen molar-refractivity contribution < 1.29 is 4.79 Å². The molecule has 0 aliphatic rings. The van der Waals surface area contributed by atoms with Crippen molar-refractivity contribution in [3.8, 4) is 0 Å². The molecular formula is C9H11N3O. The van der Waals surface area contributed by atoms with Crippen molar-refractivity contribution in [2.45, 2.75) is 20.3 Å². The van der Waals surface area contributed by atoms with Crippen LogP contribution in [-0.4, -0.2) is 21.5 Å². The van der Waals surface area contributed by atoms with E-state index in [0.717, 1.165) is 0 Å². The number of nitrogens with zero attached hydrogens (tertiary/aromatic N) is 3. The van der Waals surface area contributed by atoms with E-state index in [9.17, 15) is 4.79 Å². The molecule has 1 aromatic heterocycles. The maximum absolute atomic E-state index is 11.1. The first-order valence-corrected chi connectivity index (χ1v) is 4.08. The number of rotatable bonds is 3. The average molecular weight is 177 g/mol. The number of aromatic nitrogens is 2. The van der Waals surface area contributed by atoms with Gasteiger partial charge in [0.05, 0.1) is 5.71 Å². The lowest BCUT2D eigenvalue weighted by molar-refractivity contribution is -0.112. The summed E-state index contributed by atoms with van der Waals surface area (Å²) in [5, 5.41) is 0. The summed E-state index contributed by atoms with van der Waals surface area (Å²) >= 11 is 0. The molecule has 0 aliphatic heterocycles. The Bertz CT molecular complexity index is 319. The van der Waals surface area contributed by atoms with Gasteiger partial charge in [0.2, 0.25) is 0 Å². The Hall–Kier alpha value is -1.58. The van der Waals surface area contributed by atoms with E-state index in [1.807, 2.05) is 0 Å². The van der Waals surface area contributed by atoms with Crippen LogP contribution in [0.15, 0.2) is 23.6 Å². The summed E-state index contributed by atoms with van der Waals surface area (Å²) in [4.78, 5) is 22.8. The van der Waals surface area contributed by atoms with Crippen molar-refractivity contribution in [2.75, 3.05) is 0 Å². The molecule has 0 radical (unpaired) electrons. The molecule has 4 nitrogen and oxygen atoms in total. The van der Waals surface area contributed by atoms with E-state index in [-0.39, 0.29) is 5.78 Å². The largest absolute Gasteiger partial charge is 0.293 e. The number of ketones is 1. The molecule has 13 heavy (non-hydrogen) atoms. The zero-order valence-corrected chi connectivity index (χ0v) is 7.69. The summed E-state index contributed by atoms with van der Waals surface area (Å²) in [6.45, 7) is 3.50. The summed E-state index contributed by atoms with van der Waals surface area (Å²) in [6.07, 6.45) is 3.47. The predicted molar refractivity (Wildman–Crippen MR) is 50.1 cm³/mol. The molecule has 0 saturated carbocycles. The van der Waals surface area contributed by atoms with Gasteiger partial charge < -0.3 is 0 Å². The molecule has 68 valence electrons. The Morgan fingerprint density at radius 1 is 1.62 bits per heavy atom. The molecule has 4 heteroatoms. The van der Waals surface area contributed by atoms with E-state index in [4.69, 9.17) is 0 Å². The molecule has 0 unspecified atom stereocenters. The molecule has 0 spiro atoms. The first-order chi connectivity index (χ1) is 6.24. The highest BCUT2D eigenvalue weighted by molar-refractivity contribution is 6.39. The normalized spacial score (nSPS) is 11.4. The van der Waals surface area contributed by atoms with Gasteiger partial charge in [-0.15, -0.1) is 0 Å². The van der Waals surface area contributed by atoms with Gasteiger partial charge in [-0.25, -0.2) is 15.0 Å². The van der Waals surface area contributed by atoms with Crippen LogP contribution < -0.4 is 0 Å². The third-order valence-corrected chi connectivity index (χ3v) is 1.57. The van der Waals surface area contributed by atoms with Crippen LogP contribution in [0.25, 0.3) is 0 Å². The van der Waals surface area contributed by atoms with Gasteiger partial charge in [-0.3, -0.25) is 4.79 Å². The minimum atomic E-state index is 0.0404. The third-order valence-electron chi connectivity index (χ3n) is 1.57. The highest BCUT2D eigenvalue weighted by atomic mass is 16.1. The van der Waals surface area contributed by atoms with Gasteiger partial charge in [0, 0.05) is 18.7 Å². The van der Waals surface area contributed by atoms with Gasteiger partial charge in [-0.1, -0.05) is 6.92 Å². The van der Waals surface area contributed by atoms with Crippen LogP contribution in [0, 0.1) is 0 Å². The smallest absolute Gasteiger partial charge is 0.176 e. The van der Waals surface area contributed by atoms with E-state index >= 15 is 0 Å². The monoisotopic (exact) mass is 177 g/mol. The van der Waals surface area contributed by atoms with E-state index < -0.39 is 0 Å². The second-order valence-electron chi connectivity index (χ2n) is 2.54. The molecule has 0 aromatic carbocycles. The van der Waals surface area contributed by atoms with E-state index in [0.29, 0.717) is 18.0 Å². The molecule has 0 bridgehead atoms. The second kappa shape index (κ2) is 4.45. The molecular weight excluding hydrogens is 166 g/mol. The van der Waals surface area contributed by atoms with Crippen molar-refractivity contribution >= 4 is 17.3 Å². The zero-order valence-electron chi connectivity index (χ0n) is 7.69. The summed E-state index contributed by atoms with van der Waals surface area (Å²) in [6, 6.07) is 1.66. The molecule has 0 atom stereocenters. The van der Waals surface area contributed by atoms with Gasteiger partial charge in [0.25, 0.3) is 0 Å². The molecule has 0 fully saturated rings. The molecule has 1 rings (SSSR count). The van der Waals surface area contributed by atoms with Crippen molar-refractivity contribution in [3.05, 3.63) is 18.6 Å². The Kier molecular flexibility index (Phi) is 3.25. The lowest BCUT2D eigenvalue weighted by Crippen LogP contribution is -2.07. The molecule has 0 saturated heterocycles. The van der Waals surface area contributed by atoms with Crippen molar-refractivity contribution in [1.29, 1.82) is 0 Å². The van der Waals surface area contributed by atoms with Crippen LogP contribution in [0.2, 0.25) is 0 Å². The van der Waals surface area contributed by atoms with Crippen LogP contribution in [0.5, 0.6) is 0 Å². The SMILES string of the molecule is CCC(=O)C(C)=Nc1ccncn1. The predicted octanol–water partition coefficient (Wildman–Crippen LogP) is 1.55. The molecule has 0 aliphatic carbocycles. The number of Topliss-reactive ketones (excluding diaryl/α,β-unsaturated/α-hetero) is 1. The van der Waals surface area contributed by atoms with E-state index in [2.05, 4.69) is 15.0 Å². The minimum absolute atomic E-state index is 0.0404. The average Bonchev–Trinajstić information content (AvgIpc) is 2.18. The summed E-state index contributed by atoms with van der Waals surface area (Å²) in [5.74, 6) is 0.563. The third kappa shape index (κ3) is 2.74. The maximum atomic E-state index is 11.1. The molecule has 0 amide bonds. The fraction of sp³-hybridized carbons (Fsp3) is 0.333. The van der Waals surface area contributed by atoms with Crippen LogP contribution >= 0.6 is 0 Å². The lowest BCUT2D eigenvalue weighted by Gasteiger charge is -1.95. The van der Waals surface area contributed by atoms with E-state index in [1.165, 1.54) is 6.33 Å². The standard InChI is InChI=1S/C9H11N3O/c1-3-8(13)7(2)12-9-4-5-10-6-11-9/h4-6H,3H2,1-2H3. The maximum Gasteiger partial charge on any atom is 0.176 e. The zero-order chi connectivity index (χ0) is 9.68. The molecule has 1 aromatic rings. The fourth-order valence-electron chi connectivity index (χ4n) is 0.840. The Morgan fingerprint density at radius 2 is 2.38 bits per heavy atom. The van der Waals surface area contributed by atoms with Gasteiger partial charge in [-0.05, 0) is 6.92 Å². The topological polar surface area (TPSA) is 55.2 Å². The highest BCUT2D eigenvalue weighted by Crippen LogP contribution is 2.04. The van der Waals surface area contributed by atoms with Gasteiger partial charge >= 0.3 is 0 Å². The fourth-order valence-corrected chi connectivity index (χ4v) is 0.840. The van der Waals surface area contributed by atoms with Gasteiger partial charge in [0.1, 0.15) is 6.33 Å². The Morgan fingerprint density at radius 3 is 2.92 bits per heavy atom. The van der Waals surface area contributed by atoms with Crippen LogP contribution in [0.1, 0.15) is 20.3 Å². The highest BCUT2D eigenvalue weighted by Gasteiger charge is 2.02. The number of hydrogen-bond acceptors (Lipinski definition) is 4. The first-order valence-electron chi connectivity index (χ1n) is 4.08. The number of carbonyl (C=O) groups is 1. The van der Waals surface area contributed by atoms with Crippen LogP contribution in [0.4, 0.5) is 5.82 Å². The number of hydrogen-bond donors (Lipinski definition) is 0. The van der Waals surface area contributed by atoms with Gasteiger partial charge in [-0.2, -0.15) is 0 Å². The Balaban J connectivity index is 2.83. The molecule has 1 heterocycles. The van der Waals surface area contributed by atoms with Gasteiger partial charge in [0.15, 0.2) is 11.6 Å². The quantitative estimate of drug-likeness (QED) is 0.658. The van der Waals surface area contributed by atoms with Crippen LogP contribution in [0.3, 0.4) is 0 Å². The number of aliphatic imine (C=N–C) groups is 1. The Labute approximate surface area is 76.8 Å². The number of carbonyl (C=O) groups excluding carboxylic acids is 1. The molecule has 0 N–H and O–H groups in total. The second-order valence-corrected chi connectivity index (χ2v) is 2.54.